The second-order valence-corrected chi connectivity index (χ2v) is 20.3. The fourth-order valence-corrected chi connectivity index (χ4v) is 8.46. The van der Waals surface area contributed by atoms with Crippen LogP contribution in [0.2, 0.25) is 0 Å². The summed E-state index contributed by atoms with van der Waals surface area (Å²) in [6.45, 7) is 26.0. The summed E-state index contributed by atoms with van der Waals surface area (Å²) in [6.07, 6.45) is 0. The largest absolute Gasteiger partial charge is 0.308 e. The van der Waals surface area contributed by atoms with Crippen LogP contribution in [0.4, 0.5) is 13.2 Å². The summed E-state index contributed by atoms with van der Waals surface area (Å²) >= 11 is 0. The number of nitriles is 1. The topological polar surface area (TPSA) is 33.6 Å². The lowest BCUT2D eigenvalue weighted by Gasteiger charge is -2.23. The number of benzene rings is 6. The number of hydrogen-bond donors (Lipinski definition) is 0. The Hall–Kier alpha value is -5.80. The highest BCUT2D eigenvalue weighted by Crippen LogP contribution is 2.44. The average Bonchev–Trinajstić information content (AvgIpc) is 3.63. The van der Waals surface area contributed by atoms with Gasteiger partial charge in [-0.25, -0.2) is 13.2 Å². The fourth-order valence-electron chi connectivity index (χ4n) is 8.46. The molecule has 0 atom stereocenters. The molecule has 8 aromatic rings. The first-order valence-electron chi connectivity index (χ1n) is 20.4. The third kappa shape index (κ3) is 6.69. The molecule has 0 radical (unpaired) electrons. The summed E-state index contributed by atoms with van der Waals surface area (Å²) in [5.41, 5.74) is 8.16. The Labute approximate surface area is 345 Å². The smallest absolute Gasteiger partial charge is 0.136 e. The minimum absolute atomic E-state index is 0.187. The molecule has 0 saturated heterocycles. The predicted octanol–water partition coefficient (Wildman–Crippen LogP) is 15.0. The van der Waals surface area contributed by atoms with Gasteiger partial charge in [0.2, 0.25) is 0 Å². The zero-order chi connectivity index (χ0) is 42.7. The van der Waals surface area contributed by atoms with Gasteiger partial charge in [0.1, 0.15) is 29.1 Å². The van der Waals surface area contributed by atoms with E-state index in [0.29, 0.717) is 29.1 Å². The summed E-state index contributed by atoms with van der Waals surface area (Å²) in [7, 11) is 0. The molecule has 0 amide bonds. The predicted molar refractivity (Wildman–Crippen MR) is 240 cm³/mol. The van der Waals surface area contributed by atoms with E-state index in [4.69, 9.17) is 0 Å². The lowest BCUT2D eigenvalue weighted by molar-refractivity contribution is 0.548. The van der Waals surface area contributed by atoms with Crippen molar-refractivity contribution in [2.24, 2.45) is 0 Å². The normalized spacial score (nSPS) is 13.0. The number of aromatic nitrogens is 2. The minimum atomic E-state index is -1.02. The summed E-state index contributed by atoms with van der Waals surface area (Å²) in [5, 5.41) is 15.5. The molecule has 0 aliphatic carbocycles. The van der Waals surface area contributed by atoms with Crippen LogP contribution in [0.1, 0.15) is 111 Å². The highest BCUT2D eigenvalue weighted by molar-refractivity contribution is 6.12. The highest BCUT2D eigenvalue weighted by atomic mass is 19.1. The molecule has 0 N–H and O–H groups in total. The van der Waals surface area contributed by atoms with E-state index in [0.717, 1.165) is 65.9 Å². The molecule has 6 heteroatoms. The maximum Gasteiger partial charge on any atom is 0.136 e. The van der Waals surface area contributed by atoms with E-state index in [1.807, 2.05) is 0 Å². The van der Waals surface area contributed by atoms with Crippen molar-refractivity contribution in [2.75, 3.05) is 0 Å². The third-order valence-electron chi connectivity index (χ3n) is 12.0. The van der Waals surface area contributed by atoms with Crippen molar-refractivity contribution < 1.29 is 13.2 Å². The van der Waals surface area contributed by atoms with Crippen LogP contribution in [0.5, 0.6) is 0 Å². The summed E-state index contributed by atoms with van der Waals surface area (Å²) in [6, 6.07) is 33.3. The zero-order valence-electron chi connectivity index (χ0n) is 36.2. The monoisotopic (exact) mass is 787 g/mol. The van der Waals surface area contributed by atoms with Gasteiger partial charge in [0.25, 0.3) is 0 Å². The van der Waals surface area contributed by atoms with Crippen molar-refractivity contribution >= 4 is 43.6 Å². The van der Waals surface area contributed by atoms with E-state index in [1.54, 1.807) is 12.1 Å². The van der Waals surface area contributed by atoms with Crippen molar-refractivity contribution in [3.63, 3.8) is 0 Å². The molecular weight excluding hydrogens is 736 g/mol. The van der Waals surface area contributed by atoms with Gasteiger partial charge in [0.05, 0.1) is 39.0 Å². The minimum Gasteiger partial charge on any atom is -0.308 e. The second-order valence-electron chi connectivity index (χ2n) is 20.3. The van der Waals surface area contributed by atoms with Crippen LogP contribution in [-0.2, 0) is 21.7 Å². The van der Waals surface area contributed by atoms with Gasteiger partial charge in [-0.05, 0) is 85.9 Å². The Morgan fingerprint density at radius 2 is 0.712 bits per heavy atom. The molecule has 300 valence electrons. The number of halogens is 3. The number of nitrogens with zero attached hydrogens (tertiary/aromatic N) is 3. The van der Waals surface area contributed by atoms with Crippen LogP contribution in [-0.4, -0.2) is 9.13 Å². The highest BCUT2D eigenvalue weighted by Gasteiger charge is 2.28. The van der Waals surface area contributed by atoms with Crippen LogP contribution >= 0.6 is 0 Å². The first kappa shape index (κ1) is 40.0. The summed E-state index contributed by atoms with van der Waals surface area (Å²) in [4.78, 5) is 0. The van der Waals surface area contributed by atoms with Gasteiger partial charge >= 0.3 is 0 Å². The quantitative estimate of drug-likeness (QED) is 0.176. The molecule has 2 heterocycles. The molecule has 0 fully saturated rings. The van der Waals surface area contributed by atoms with Gasteiger partial charge in [-0.3, -0.25) is 0 Å². The second kappa shape index (κ2) is 13.4. The van der Waals surface area contributed by atoms with E-state index in [9.17, 15) is 9.65 Å². The molecule has 2 aromatic heterocycles. The van der Waals surface area contributed by atoms with Gasteiger partial charge in [0, 0.05) is 33.7 Å². The number of fused-ring (bicyclic) bond motifs is 6. The Balaban J connectivity index is 1.63. The molecule has 0 unspecified atom stereocenters. The van der Waals surface area contributed by atoms with E-state index in [2.05, 4.69) is 171 Å². The third-order valence-corrected chi connectivity index (χ3v) is 12.0. The molecule has 8 rings (SSSR count). The summed E-state index contributed by atoms with van der Waals surface area (Å²) < 4.78 is 51.0. The number of hydrogen-bond acceptors (Lipinski definition) is 1. The molecule has 6 aromatic carbocycles. The maximum absolute atomic E-state index is 16.1. The Bertz CT molecular complexity index is 2730. The molecule has 0 bridgehead atoms. The summed E-state index contributed by atoms with van der Waals surface area (Å²) in [5.74, 6) is -3.05. The first-order valence-corrected chi connectivity index (χ1v) is 20.4. The lowest BCUT2D eigenvalue weighted by atomic mass is 9.86. The van der Waals surface area contributed by atoms with Crippen LogP contribution < -0.4 is 0 Å². The van der Waals surface area contributed by atoms with Crippen molar-refractivity contribution in [2.45, 2.75) is 105 Å². The Morgan fingerprint density at radius 1 is 0.424 bits per heavy atom. The molecule has 0 aliphatic rings. The molecule has 0 saturated carbocycles. The van der Waals surface area contributed by atoms with Crippen molar-refractivity contribution in [1.29, 1.82) is 5.26 Å². The molecular formula is C53H52F3N3. The average molecular weight is 788 g/mol. The van der Waals surface area contributed by atoms with E-state index in [-0.39, 0.29) is 32.8 Å². The van der Waals surface area contributed by atoms with Crippen molar-refractivity contribution in [1.82, 2.24) is 9.13 Å². The Morgan fingerprint density at radius 3 is 0.966 bits per heavy atom. The van der Waals surface area contributed by atoms with Gasteiger partial charge in [-0.15, -0.1) is 0 Å². The van der Waals surface area contributed by atoms with E-state index in [1.165, 1.54) is 0 Å². The van der Waals surface area contributed by atoms with Crippen LogP contribution in [0.25, 0.3) is 66.1 Å². The SMILES string of the molecule is CC(C)(C)c1ccc2c3ccc(C(C)(C)C)cc3n(-c3cc(-c4c(F)cc(F)cc4F)cc(-n4c5cc(C(C)(C)C)ccc5c5ccc(C(C)(C)C)cc54)c3C#N)c2c1. The van der Waals surface area contributed by atoms with Gasteiger partial charge < -0.3 is 9.13 Å². The van der Waals surface area contributed by atoms with E-state index < -0.39 is 17.5 Å². The number of rotatable bonds is 3. The lowest BCUT2D eigenvalue weighted by Crippen LogP contribution is -2.12. The van der Waals surface area contributed by atoms with Crippen LogP contribution in [0.15, 0.2) is 97.1 Å². The molecule has 59 heavy (non-hydrogen) atoms. The van der Waals surface area contributed by atoms with Gasteiger partial charge in [0.15, 0.2) is 0 Å². The van der Waals surface area contributed by atoms with E-state index >= 15 is 8.78 Å². The van der Waals surface area contributed by atoms with Crippen LogP contribution in [0, 0.1) is 28.8 Å². The zero-order valence-corrected chi connectivity index (χ0v) is 36.2. The van der Waals surface area contributed by atoms with Gasteiger partial charge in [-0.1, -0.05) is 132 Å². The molecule has 0 spiro atoms. The fraction of sp³-hybridized carbons (Fsp3) is 0.302. The standard InChI is InChI=1S/C53H52F3N3/c1-50(2,3)31-13-17-36-37-18-14-32(51(4,5)6)24-46(37)58(45(36)23-31)43-21-30(49-41(55)27-35(54)28-42(49)56)22-44(40(43)29-57)59-47-25-33(52(7,8)9)15-19-38(47)39-20-16-34(26-48(39)59)53(10,11)12/h13-28H,1-12H3. The van der Waals surface area contributed by atoms with Crippen LogP contribution in [0.3, 0.4) is 0 Å². The van der Waals surface area contributed by atoms with Crippen molar-refractivity contribution in [3.05, 3.63) is 142 Å². The first-order chi connectivity index (χ1) is 27.5. The molecule has 3 nitrogen and oxygen atoms in total. The maximum atomic E-state index is 16.1. The van der Waals surface area contributed by atoms with Crippen molar-refractivity contribution in [3.8, 4) is 28.6 Å². The Kier molecular flexibility index (Phi) is 9.06. The van der Waals surface area contributed by atoms with Gasteiger partial charge in [-0.2, -0.15) is 5.26 Å². The molecule has 0 aliphatic heterocycles.